The Kier molecular flexibility index (Phi) is 12.5. The van der Waals surface area contributed by atoms with Gasteiger partial charge >= 0.3 is 0 Å². The van der Waals surface area contributed by atoms with Crippen molar-refractivity contribution < 1.29 is 18.8 Å². The minimum Gasteiger partial charge on any atom is -0.345 e. The van der Waals surface area contributed by atoms with Crippen LogP contribution >= 0.6 is 0 Å². The molecule has 35 heavy (non-hydrogen) atoms. The van der Waals surface area contributed by atoms with E-state index in [0.717, 1.165) is 30.4 Å². The van der Waals surface area contributed by atoms with Crippen LogP contribution in [0.5, 0.6) is 0 Å². The number of aryl methyl sites for hydroxylation is 1. The Bertz CT molecular complexity index is 947. The molecule has 0 fully saturated rings. The molecule has 0 aromatic heterocycles. The van der Waals surface area contributed by atoms with Crippen LogP contribution in [-0.2, 0) is 20.9 Å². The third-order valence-corrected chi connectivity index (χ3v) is 5.72. The number of hydrogen-bond acceptors (Lipinski definition) is 3. The summed E-state index contributed by atoms with van der Waals surface area (Å²) in [6.45, 7) is 3.96. The Morgan fingerprint density at radius 1 is 0.886 bits per heavy atom. The van der Waals surface area contributed by atoms with Gasteiger partial charge in [-0.3, -0.25) is 14.4 Å². The quantitative estimate of drug-likeness (QED) is 0.335. The van der Waals surface area contributed by atoms with Gasteiger partial charge in [-0.1, -0.05) is 69.7 Å². The third-order valence-electron chi connectivity index (χ3n) is 5.72. The molecule has 2 aromatic carbocycles. The maximum absolute atomic E-state index is 13.3. The van der Waals surface area contributed by atoms with Crippen molar-refractivity contribution in [3.05, 3.63) is 65.5 Å². The lowest BCUT2D eigenvalue weighted by Gasteiger charge is -2.22. The fourth-order valence-corrected chi connectivity index (χ4v) is 3.77. The minimum atomic E-state index is -0.417. The topological polar surface area (TPSA) is 78.5 Å². The normalized spacial score (nSPS) is 10.6. The van der Waals surface area contributed by atoms with E-state index in [4.69, 9.17) is 0 Å². The first-order chi connectivity index (χ1) is 16.9. The van der Waals surface area contributed by atoms with E-state index in [1.807, 2.05) is 25.1 Å². The second-order valence-corrected chi connectivity index (χ2v) is 8.94. The van der Waals surface area contributed by atoms with Crippen molar-refractivity contribution in [3.8, 4) is 0 Å². The number of carbonyl (C=O) groups is 3. The largest absolute Gasteiger partial charge is 0.345 e. The van der Waals surface area contributed by atoms with E-state index in [0.29, 0.717) is 12.1 Å². The summed E-state index contributed by atoms with van der Waals surface area (Å²) in [5.74, 6) is -1.24. The summed E-state index contributed by atoms with van der Waals surface area (Å²) >= 11 is 0. The highest BCUT2D eigenvalue weighted by Crippen LogP contribution is 2.13. The summed E-state index contributed by atoms with van der Waals surface area (Å²) in [4.78, 5) is 39.1. The molecule has 0 radical (unpaired) electrons. The van der Waals surface area contributed by atoms with Crippen LogP contribution in [0.4, 0.5) is 10.1 Å². The molecule has 0 aliphatic carbocycles. The van der Waals surface area contributed by atoms with Crippen LogP contribution < -0.4 is 10.6 Å². The monoisotopic (exact) mass is 483 g/mol. The summed E-state index contributed by atoms with van der Waals surface area (Å²) in [5.41, 5.74) is 2.42. The number of benzene rings is 2. The van der Waals surface area contributed by atoms with Crippen LogP contribution in [0.25, 0.3) is 0 Å². The first-order valence-corrected chi connectivity index (χ1v) is 12.5. The first kappa shape index (κ1) is 28.0. The Hall–Kier alpha value is -3.22. The molecule has 0 spiro atoms. The number of carbonyl (C=O) groups excluding carboxylic acids is 3. The molecule has 0 saturated carbocycles. The van der Waals surface area contributed by atoms with Gasteiger partial charge in [-0.15, -0.1) is 0 Å². The van der Waals surface area contributed by atoms with Crippen LogP contribution in [-0.4, -0.2) is 35.7 Å². The van der Waals surface area contributed by atoms with Crippen molar-refractivity contribution in [1.82, 2.24) is 10.2 Å². The van der Waals surface area contributed by atoms with Gasteiger partial charge in [0.1, 0.15) is 5.82 Å². The summed E-state index contributed by atoms with van der Waals surface area (Å²) in [7, 11) is 0. The molecule has 190 valence electrons. The fraction of sp³-hybridized carbons (Fsp3) is 0.464. The molecule has 2 rings (SSSR count). The predicted octanol–water partition coefficient (Wildman–Crippen LogP) is 5.36. The van der Waals surface area contributed by atoms with E-state index in [-0.39, 0.29) is 37.3 Å². The Morgan fingerprint density at radius 3 is 2.26 bits per heavy atom. The number of anilines is 1. The number of hydrogen-bond donors (Lipinski definition) is 2. The van der Waals surface area contributed by atoms with E-state index in [9.17, 15) is 18.8 Å². The Balaban J connectivity index is 1.86. The lowest BCUT2D eigenvalue weighted by molar-refractivity contribution is -0.137. The number of nitrogens with one attached hydrogen (secondary N) is 2. The summed E-state index contributed by atoms with van der Waals surface area (Å²) in [6, 6.07) is 13.3. The van der Waals surface area contributed by atoms with E-state index in [1.54, 1.807) is 18.2 Å². The van der Waals surface area contributed by atoms with Crippen molar-refractivity contribution in [2.75, 3.05) is 18.4 Å². The standard InChI is InChI=1S/C28H38FN3O3/c1-3-4-5-6-7-8-9-13-28(35)32(20-23-14-16-24(29)17-15-23)21-27(34)30-19-26(33)31-25-12-10-11-22(2)18-25/h10-12,14-18H,3-9,13,19-21H2,1-2H3,(H,30,34)(H,31,33). The van der Waals surface area contributed by atoms with Crippen LogP contribution in [0.15, 0.2) is 48.5 Å². The van der Waals surface area contributed by atoms with Crippen LogP contribution in [0.3, 0.4) is 0 Å². The average molecular weight is 484 g/mol. The summed E-state index contributed by atoms with van der Waals surface area (Å²) in [6.07, 6.45) is 8.04. The van der Waals surface area contributed by atoms with E-state index < -0.39 is 5.91 Å². The Labute approximate surface area is 208 Å². The van der Waals surface area contributed by atoms with Crippen molar-refractivity contribution in [1.29, 1.82) is 0 Å². The molecular formula is C28H38FN3O3. The molecule has 0 bridgehead atoms. The van der Waals surface area contributed by atoms with Crippen LogP contribution in [0.2, 0.25) is 0 Å². The van der Waals surface area contributed by atoms with Crippen molar-refractivity contribution in [3.63, 3.8) is 0 Å². The molecule has 3 amide bonds. The lowest BCUT2D eigenvalue weighted by Crippen LogP contribution is -2.42. The molecule has 2 aromatic rings. The number of halogens is 1. The zero-order valence-electron chi connectivity index (χ0n) is 20.9. The highest BCUT2D eigenvalue weighted by Gasteiger charge is 2.18. The second kappa shape index (κ2) is 15.6. The molecule has 0 unspecified atom stereocenters. The smallest absolute Gasteiger partial charge is 0.243 e. The zero-order valence-corrected chi connectivity index (χ0v) is 20.9. The van der Waals surface area contributed by atoms with Gasteiger partial charge in [0.2, 0.25) is 17.7 Å². The molecule has 7 heteroatoms. The summed E-state index contributed by atoms with van der Waals surface area (Å²) in [5, 5.41) is 5.33. The first-order valence-electron chi connectivity index (χ1n) is 12.5. The molecule has 0 saturated heterocycles. The molecule has 0 aliphatic heterocycles. The van der Waals surface area contributed by atoms with Gasteiger partial charge in [-0.25, -0.2) is 4.39 Å². The Morgan fingerprint density at radius 2 is 1.57 bits per heavy atom. The van der Waals surface area contributed by atoms with E-state index in [1.165, 1.54) is 42.7 Å². The molecule has 6 nitrogen and oxygen atoms in total. The van der Waals surface area contributed by atoms with Gasteiger partial charge in [-0.2, -0.15) is 0 Å². The van der Waals surface area contributed by atoms with E-state index >= 15 is 0 Å². The number of unbranched alkanes of at least 4 members (excludes halogenated alkanes) is 6. The molecule has 0 atom stereocenters. The van der Waals surface area contributed by atoms with Crippen LogP contribution in [0.1, 0.15) is 69.4 Å². The molecule has 0 aliphatic rings. The van der Waals surface area contributed by atoms with Gasteiger partial charge in [0.05, 0.1) is 13.1 Å². The molecule has 0 heterocycles. The average Bonchev–Trinajstić information content (AvgIpc) is 2.83. The number of rotatable bonds is 15. The maximum Gasteiger partial charge on any atom is 0.243 e. The zero-order chi connectivity index (χ0) is 25.5. The van der Waals surface area contributed by atoms with Crippen molar-refractivity contribution in [2.45, 2.75) is 71.8 Å². The molecular weight excluding hydrogens is 445 g/mol. The van der Waals surface area contributed by atoms with Crippen LogP contribution in [0, 0.1) is 12.7 Å². The molecule has 2 N–H and O–H groups in total. The maximum atomic E-state index is 13.3. The minimum absolute atomic E-state index is 0.123. The predicted molar refractivity (Wildman–Crippen MR) is 137 cm³/mol. The van der Waals surface area contributed by atoms with E-state index in [2.05, 4.69) is 17.6 Å². The van der Waals surface area contributed by atoms with Gasteiger partial charge in [0.15, 0.2) is 0 Å². The van der Waals surface area contributed by atoms with Gasteiger partial charge in [0.25, 0.3) is 0 Å². The van der Waals surface area contributed by atoms with Crippen molar-refractivity contribution in [2.24, 2.45) is 0 Å². The summed E-state index contributed by atoms with van der Waals surface area (Å²) < 4.78 is 13.3. The van der Waals surface area contributed by atoms with Gasteiger partial charge in [-0.05, 0) is 48.7 Å². The lowest BCUT2D eigenvalue weighted by atomic mass is 10.1. The SMILES string of the molecule is CCCCCCCCCC(=O)N(CC(=O)NCC(=O)Nc1cccc(C)c1)Cc1ccc(F)cc1. The second-order valence-electron chi connectivity index (χ2n) is 8.94. The fourth-order valence-electron chi connectivity index (χ4n) is 3.77. The van der Waals surface area contributed by atoms with Gasteiger partial charge < -0.3 is 15.5 Å². The number of nitrogens with zero attached hydrogens (tertiary/aromatic N) is 1. The number of amides is 3. The van der Waals surface area contributed by atoms with Crippen molar-refractivity contribution >= 4 is 23.4 Å². The third kappa shape index (κ3) is 11.7. The highest BCUT2D eigenvalue weighted by molar-refractivity contribution is 5.95. The highest BCUT2D eigenvalue weighted by atomic mass is 19.1. The van der Waals surface area contributed by atoms with Gasteiger partial charge in [0, 0.05) is 18.7 Å².